The molecule has 2 amide bonds. The van der Waals surface area contributed by atoms with Crippen LogP contribution in [0.25, 0.3) is 5.76 Å². The Hall–Kier alpha value is -3.92. The molecule has 8 unspecified atom stereocenters. The van der Waals surface area contributed by atoms with Gasteiger partial charge in [-0.15, -0.1) is 11.8 Å². The fraction of sp³-hybridized carbons (Fsp3) is 0.500. The van der Waals surface area contributed by atoms with Gasteiger partial charge in [0.05, 0.1) is 17.2 Å². The van der Waals surface area contributed by atoms with E-state index in [0.29, 0.717) is 0 Å². The molecule has 5 aliphatic rings. The summed E-state index contributed by atoms with van der Waals surface area (Å²) in [5.41, 5.74) is -6.34. The number of carbonyl (C=O) groups is 5. The monoisotopic (exact) mass is 643 g/mol. The van der Waals surface area contributed by atoms with E-state index in [1.807, 2.05) is 0 Å². The topological polar surface area (TPSA) is 225 Å². The molecule has 1 aromatic carbocycles. The van der Waals surface area contributed by atoms with Crippen LogP contribution < -0.4 is 5.32 Å². The number of phenolic OH excluding ortho intramolecular Hbond substituents is 1. The summed E-state index contributed by atoms with van der Waals surface area (Å²) in [6.07, 6.45) is -0.294. The Kier molecular flexibility index (Phi) is 6.59. The Morgan fingerprint density at radius 1 is 1.07 bits per heavy atom. The van der Waals surface area contributed by atoms with Crippen LogP contribution in [-0.4, -0.2) is 118 Å². The Morgan fingerprint density at radius 3 is 2.31 bits per heavy atom. The second-order valence-corrected chi connectivity index (χ2v) is 14.9. The van der Waals surface area contributed by atoms with Crippen LogP contribution in [0.15, 0.2) is 35.1 Å². The second kappa shape index (κ2) is 9.55. The molecule has 1 saturated carbocycles. The van der Waals surface area contributed by atoms with Crippen molar-refractivity contribution in [3.63, 3.8) is 0 Å². The van der Waals surface area contributed by atoms with Crippen LogP contribution in [-0.2, 0) is 29.6 Å². The Balaban J connectivity index is 1.43. The number of thioether (sulfide) groups is 1. The van der Waals surface area contributed by atoms with Crippen molar-refractivity contribution >= 4 is 46.9 Å². The zero-order valence-corrected chi connectivity index (χ0v) is 25.7. The number of phenols is 1. The van der Waals surface area contributed by atoms with Gasteiger partial charge in [-0.3, -0.25) is 24.1 Å². The van der Waals surface area contributed by atoms with Gasteiger partial charge in [-0.1, -0.05) is 12.1 Å². The molecular weight excluding hydrogens is 610 g/mol. The molecule has 3 fully saturated rings. The standard InChI is InChI=1S/C30H33N3O11S/c1-28(2)21(27(41)42)33-25(40)17(26(33)45-28)31-24(39)16-20(36)18(32(4)5)12-9-11-15(22(37)30(12,44)23(16)38)19(35)14-10(29(11,3)43)7-6-8-13(14)34/h6-8,11-12,17-18,21,26,34-35,38,43-44H,9H2,1-5H3,(H,31,39)(H,41,42). The molecule has 15 heteroatoms. The lowest BCUT2D eigenvalue weighted by Crippen LogP contribution is -2.71. The molecule has 14 nitrogen and oxygen atoms in total. The number of aliphatic carboxylic acids is 1. The molecule has 0 spiro atoms. The number of benzene rings is 1. The molecule has 2 aliphatic heterocycles. The lowest BCUT2D eigenvalue weighted by Gasteiger charge is -2.53. The number of nitrogens with zero attached hydrogens (tertiary/aromatic N) is 2. The normalized spacial score (nSPS) is 36.7. The van der Waals surface area contributed by atoms with Crippen molar-refractivity contribution in [1.29, 1.82) is 0 Å². The summed E-state index contributed by atoms with van der Waals surface area (Å²) in [4.78, 5) is 69.2. The number of aliphatic hydroxyl groups excluding tert-OH is 2. The number of aromatic hydroxyl groups is 1. The summed E-state index contributed by atoms with van der Waals surface area (Å²) in [6, 6.07) is 0.369. The third-order valence-electron chi connectivity index (χ3n) is 9.96. The number of carboxylic acids is 1. The highest BCUT2D eigenvalue weighted by atomic mass is 32.2. The first-order valence-electron chi connectivity index (χ1n) is 14.2. The number of carboxylic acid groups (broad SMARTS) is 1. The summed E-state index contributed by atoms with van der Waals surface area (Å²) >= 11 is 1.14. The van der Waals surface area contributed by atoms with Gasteiger partial charge in [0.15, 0.2) is 11.4 Å². The minimum atomic E-state index is -2.92. The first-order valence-corrected chi connectivity index (χ1v) is 15.1. The minimum absolute atomic E-state index is 0.118. The van der Waals surface area contributed by atoms with Gasteiger partial charge in [0.2, 0.25) is 11.7 Å². The van der Waals surface area contributed by atoms with Gasteiger partial charge in [-0.2, -0.15) is 0 Å². The molecule has 7 N–H and O–H groups in total. The fourth-order valence-electron chi connectivity index (χ4n) is 7.84. The molecular formula is C30H33N3O11S. The Labute approximate surface area is 261 Å². The zero-order chi connectivity index (χ0) is 33.3. The van der Waals surface area contributed by atoms with E-state index >= 15 is 0 Å². The third kappa shape index (κ3) is 3.84. The summed E-state index contributed by atoms with van der Waals surface area (Å²) in [5.74, 6) is -10.4. The van der Waals surface area contributed by atoms with E-state index in [9.17, 15) is 54.6 Å². The van der Waals surface area contributed by atoms with E-state index in [-0.39, 0.29) is 17.5 Å². The number of hydrogen-bond acceptors (Lipinski definition) is 12. The van der Waals surface area contributed by atoms with Crippen LogP contribution >= 0.6 is 11.8 Å². The summed E-state index contributed by atoms with van der Waals surface area (Å²) < 4.78 is -0.902. The number of ketones is 2. The number of fused-ring (bicyclic) bond motifs is 4. The van der Waals surface area contributed by atoms with Crippen LogP contribution in [0.2, 0.25) is 0 Å². The third-order valence-corrected chi connectivity index (χ3v) is 11.5. The number of nitrogens with one attached hydrogen (secondary N) is 1. The fourth-order valence-corrected chi connectivity index (χ4v) is 9.47. The van der Waals surface area contributed by atoms with E-state index < -0.39 is 109 Å². The van der Waals surface area contributed by atoms with Crippen molar-refractivity contribution in [3.05, 3.63) is 46.2 Å². The molecule has 2 saturated heterocycles. The number of likely N-dealkylation sites (N-methyl/N-ethyl adjacent to an activating group) is 1. The molecule has 8 atom stereocenters. The highest BCUT2D eigenvalue weighted by Crippen LogP contribution is 2.57. The number of Topliss-reactive ketones (excluding diaryl/α,β-unsaturated/α-hetero) is 2. The molecule has 1 aromatic rings. The van der Waals surface area contributed by atoms with E-state index in [1.54, 1.807) is 13.8 Å². The number of rotatable bonds is 4. The average Bonchev–Trinajstić information content (AvgIpc) is 3.19. The largest absolute Gasteiger partial charge is 0.508 e. The van der Waals surface area contributed by atoms with Crippen molar-refractivity contribution in [3.8, 4) is 5.75 Å². The first kappa shape index (κ1) is 31.1. The molecule has 6 rings (SSSR count). The molecule has 0 bridgehead atoms. The van der Waals surface area contributed by atoms with Crippen molar-refractivity contribution in [1.82, 2.24) is 15.1 Å². The van der Waals surface area contributed by atoms with Crippen molar-refractivity contribution in [2.45, 2.75) is 66.6 Å². The number of aliphatic hydroxyl groups is 4. The number of β-lactam (4-membered cyclic amide) rings is 1. The smallest absolute Gasteiger partial charge is 0.327 e. The SMILES string of the molecule is CN(C)C1C(=O)C(C(=O)NC2C(=O)N3C2SC(C)(C)C3C(=O)O)=C(O)C2(O)C(=O)C3=C(O)c4c(O)cccc4C(C)(O)C3CC12. The summed E-state index contributed by atoms with van der Waals surface area (Å²) in [5, 5.41) is 68.2. The van der Waals surface area contributed by atoms with Gasteiger partial charge >= 0.3 is 5.97 Å². The van der Waals surface area contributed by atoms with Gasteiger partial charge < -0.3 is 40.9 Å². The second-order valence-electron chi connectivity index (χ2n) is 13.1. The van der Waals surface area contributed by atoms with Gasteiger partial charge in [-0.05, 0) is 52.9 Å². The van der Waals surface area contributed by atoms with Crippen molar-refractivity contribution < 1.29 is 54.6 Å². The first-order chi connectivity index (χ1) is 20.8. The van der Waals surface area contributed by atoms with Crippen molar-refractivity contribution in [2.24, 2.45) is 11.8 Å². The van der Waals surface area contributed by atoms with Gasteiger partial charge in [0, 0.05) is 22.2 Å². The van der Waals surface area contributed by atoms with Crippen LogP contribution in [0.1, 0.15) is 38.3 Å². The summed E-state index contributed by atoms with van der Waals surface area (Å²) in [7, 11) is 2.94. The lowest BCUT2D eigenvalue weighted by atomic mass is 9.54. The number of hydrogen-bond donors (Lipinski definition) is 7. The molecule has 3 aliphatic carbocycles. The predicted molar refractivity (Wildman–Crippen MR) is 157 cm³/mol. The van der Waals surface area contributed by atoms with Gasteiger partial charge in [0.1, 0.15) is 40.3 Å². The molecule has 0 radical (unpaired) electrons. The Morgan fingerprint density at radius 2 is 1.71 bits per heavy atom. The maximum absolute atomic E-state index is 14.2. The van der Waals surface area contributed by atoms with Crippen LogP contribution in [0, 0.1) is 11.8 Å². The number of carbonyl (C=O) groups excluding carboxylic acids is 4. The van der Waals surface area contributed by atoms with E-state index in [1.165, 1.54) is 44.1 Å². The number of amides is 2. The van der Waals surface area contributed by atoms with E-state index in [4.69, 9.17) is 0 Å². The maximum Gasteiger partial charge on any atom is 0.327 e. The highest BCUT2D eigenvalue weighted by Gasteiger charge is 2.68. The van der Waals surface area contributed by atoms with Crippen molar-refractivity contribution in [2.75, 3.05) is 14.1 Å². The predicted octanol–water partition coefficient (Wildman–Crippen LogP) is -0.225. The minimum Gasteiger partial charge on any atom is -0.508 e. The average molecular weight is 644 g/mol. The molecule has 2 heterocycles. The quantitative estimate of drug-likeness (QED) is 0.167. The van der Waals surface area contributed by atoms with Crippen LogP contribution in [0.4, 0.5) is 0 Å². The molecule has 0 aromatic heterocycles. The lowest BCUT2D eigenvalue weighted by molar-refractivity contribution is -0.161. The maximum atomic E-state index is 14.2. The van der Waals surface area contributed by atoms with Gasteiger partial charge in [0.25, 0.3) is 5.91 Å². The van der Waals surface area contributed by atoms with E-state index in [0.717, 1.165) is 16.7 Å². The molecule has 45 heavy (non-hydrogen) atoms. The Bertz CT molecular complexity index is 1680. The highest BCUT2D eigenvalue weighted by molar-refractivity contribution is 8.01. The van der Waals surface area contributed by atoms with Crippen LogP contribution in [0.5, 0.6) is 5.75 Å². The zero-order valence-electron chi connectivity index (χ0n) is 24.9. The van der Waals surface area contributed by atoms with Crippen LogP contribution in [0.3, 0.4) is 0 Å². The summed E-state index contributed by atoms with van der Waals surface area (Å²) in [6.45, 7) is 4.66. The van der Waals surface area contributed by atoms with Gasteiger partial charge in [-0.25, -0.2) is 4.79 Å². The van der Waals surface area contributed by atoms with E-state index in [2.05, 4.69) is 5.32 Å². The molecule has 240 valence electrons.